The van der Waals surface area contributed by atoms with Crippen LogP contribution in [-0.4, -0.2) is 33.2 Å². The molecule has 0 saturated carbocycles. The normalized spacial score (nSPS) is 14.5. The fraction of sp³-hybridized carbons (Fsp3) is 0.474. The van der Waals surface area contributed by atoms with Gasteiger partial charge in [0.1, 0.15) is 4.75 Å². The molecule has 10 heteroatoms. The van der Waals surface area contributed by atoms with E-state index < -0.39 is 40.1 Å². The summed E-state index contributed by atoms with van der Waals surface area (Å²) in [6.07, 6.45) is -4.82. The zero-order valence-electron chi connectivity index (χ0n) is 16.7. The standard InChI is InChI=1S/C19H23F3N2O4S/c1-6-27-17(25)13-10-8-7-9-12(13)14-11(2)23-28-15(14)16(19(20,21)22)24-29(26)18(3,4)5/h7-10,16,24H,6H2,1-5H3/t16-,29?/m0/s1. The van der Waals surface area contributed by atoms with Crippen molar-refractivity contribution in [2.75, 3.05) is 6.61 Å². The average Bonchev–Trinajstić information content (AvgIpc) is 2.98. The molecule has 0 aliphatic rings. The van der Waals surface area contributed by atoms with Crippen molar-refractivity contribution < 1.29 is 31.8 Å². The number of halogens is 3. The number of carbonyl (C=O) groups is 1. The van der Waals surface area contributed by atoms with E-state index >= 15 is 0 Å². The third kappa shape index (κ3) is 5.31. The Balaban J connectivity index is 2.62. The minimum Gasteiger partial charge on any atom is -0.598 e. The first-order valence-corrected chi connectivity index (χ1v) is 10.00. The summed E-state index contributed by atoms with van der Waals surface area (Å²) < 4.78 is 65.2. The van der Waals surface area contributed by atoms with Gasteiger partial charge in [0.2, 0.25) is 6.04 Å². The molecule has 1 aromatic carbocycles. The first-order valence-electron chi connectivity index (χ1n) is 8.85. The Morgan fingerprint density at radius 3 is 2.48 bits per heavy atom. The number of benzene rings is 1. The van der Waals surface area contributed by atoms with Crippen LogP contribution in [0, 0.1) is 6.92 Å². The zero-order valence-corrected chi connectivity index (χ0v) is 17.5. The lowest BCUT2D eigenvalue weighted by atomic mass is 9.96. The fourth-order valence-electron chi connectivity index (χ4n) is 2.55. The van der Waals surface area contributed by atoms with E-state index in [9.17, 15) is 22.5 Å². The number of nitrogens with one attached hydrogen (secondary N) is 1. The van der Waals surface area contributed by atoms with Crippen LogP contribution in [0.5, 0.6) is 0 Å². The van der Waals surface area contributed by atoms with Crippen molar-refractivity contribution in [3.63, 3.8) is 0 Å². The van der Waals surface area contributed by atoms with Crippen LogP contribution in [-0.2, 0) is 16.1 Å². The summed E-state index contributed by atoms with van der Waals surface area (Å²) in [5.74, 6) is -1.24. The van der Waals surface area contributed by atoms with E-state index in [0.717, 1.165) is 0 Å². The molecular weight excluding hydrogens is 409 g/mol. The van der Waals surface area contributed by atoms with Crippen LogP contribution in [0.1, 0.15) is 55.5 Å². The summed E-state index contributed by atoms with van der Waals surface area (Å²) in [6, 6.07) is 3.72. The molecule has 0 fully saturated rings. The number of nitrogens with zero attached hydrogens (tertiary/aromatic N) is 1. The minimum absolute atomic E-state index is 0.00869. The largest absolute Gasteiger partial charge is 0.598 e. The van der Waals surface area contributed by atoms with Crippen molar-refractivity contribution >= 4 is 17.3 Å². The monoisotopic (exact) mass is 432 g/mol. The van der Waals surface area contributed by atoms with Crippen molar-refractivity contribution in [2.24, 2.45) is 0 Å². The minimum atomic E-state index is -4.82. The topological polar surface area (TPSA) is 87.4 Å². The van der Waals surface area contributed by atoms with E-state index in [4.69, 9.17) is 9.26 Å². The highest BCUT2D eigenvalue weighted by molar-refractivity contribution is 7.90. The van der Waals surface area contributed by atoms with E-state index in [2.05, 4.69) is 9.88 Å². The highest BCUT2D eigenvalue weighted by Gasteiger charge is 2.49. The fourth-order valence-corrected chi connectivity index (χ4v) is 3.36. The van der Waals surface area contributed by atoms with Gasteiger partial charge in [-0.2, -0.15) is 13.2 Å². The van der Waals surface area contributed by atoms with Gasteiger partial charge in [0, 0.05) is 16.9 Å². The molecule has 1 unspecified atom stereocenters. The number of ether oxygens (including phenoxy) is 1. The van der Waals surface area contributed by atoms with Crippen molar-refractivity contribution in [2.45, 2.75) is 51.6 Å². The Kier molecular flexibility index (Phi) is 7.02. The first kappa shape index (κ1) is 23.2. The van der Waals surface area contributed by atoms with Crippen molar-refractivity contribution in [1.29, 1.82) is 0 Å². The van der Waals surface area contributed by atoms with E-state index in [1.807, 2.05) is 0 Å². The number of carbonyl (C=O) groups excluding carboxylic acids is 1. The van der Waals surface area contributed by atoms with Crippen LogP contribution in [0.25, 0.3) is 11.1 Å². The van der Waals surface area contributed by atoms with Gasteiger partial charge in [-0.25, -0.2) is 4.79 Å². The first-order chi connectivity index (χ1) is 13.4. The lowest BCUT2D eigenvalue weighted by molar-refractivity contribution is -0.157. The molecule has 6 nitrogen and oxygen atoms in total. The quantitative estimate of drug-likeness (QED) is 0.535. The summed E-state index contributed by atoms with van der Waals surface area (Å²) in [7, 11) is 0. The molecule has 0 aliphatic carbocycles. The Morgan fingerprint density at radius 1 is 1.31 bits per heavy atom. The van der Waals surface area contributed by atoms with Gasteiger partial charge in [0.05, 0.1) is 23.4 Å². The molecule has 1 aromatic heterocycles. The maximum Gasteiger partial charge on any atom is 0.415 e. The molecule has 0 amide bonds. The second-order valence-corrected chi connectivity index (χ2v) is 9.24. The lowest BCUT2D eigenvalue weighted by Crippen LogP contribution is -2.45. The summed E-state index contributed by atoms with van der Waals surface area (Å²) in [6.45, 7) is 7.85. The molecule has 2 rings (SSSR count). The Labute approximate surface area is 170 Å². The van der Waals surface area contributed by atoms with Gasteiger partial charge >= 0.3 is 12.1 Å². The molecule has 2 aromatic rings. The second-order valence-electron chi connectivity index (χ2n) is 7.25. The predicted octanol–water partition coefficient (Wildman–Crippen LogP) is 4.48. The lowest BCUT2D eigenvalue weighted by Gasteiger charge is -2.28. The van der Waals surface area contributed by atoms with Crippen molar-refractivity contribution in [3.05, 3.63) is 41.3 Å². The van der Waals surface area contributed by atoms with Gasteiger partial charge in [0.15, 0.2) is 5.76 Å². The van der Waals surface area contributed by atoms with Gasteiger partial charge in [-0.05, 0) is 40.7 Å². The molecule has 0 spiro atoms. The highest BCUT2D eigenvalue weighted by Crippen LogP contribution is 2.41. The number of aryl methyl sites for hydroxylation is 1. The molecule has 1 N–H and O–H groups in total. The smallest absolute Gasteiger partial charge is 0.415 e. The molecule has 1 heterocycles. The summed E-state index contributed by atoms with van der Waals surface area (Å²) >= 11 is -2.04. The van der Waals surface area contributed by atoms with E-state index in [1.54, 1.807) is 39.8 Å². The third-order valence-electron chi connectivity index (χ3n) is 3.95. The SMILES string of the molecule is CCOC(=O)c1ccccc1-c1c(C)noc1[C@H](N[S+]([O-])C(C)(C)C)C(F)(F)F. The van der Waals surface area contributed by atoms with E-state index in [-0.39, 0.29) is 29.0 Å². The molecule has 2 atom stereocenters. The summed E-state index contributed by atoms with van der Waals surface area (Å²) in [4.78, 5) is 12.3. The number of alkyl halides is 3. The van der Waals surface area contributed by atoms with Crippen LogP contribution in [0.4, 0.5) is 13.2 Å². The zero-order chi connectivity index (χ0) is 22.0. The molecule has 0 bridgehead atoms. The Morgan fingerprint density at radius 2 is 1.93 bits per heavy atom. The van der Waals surface area contributed by atoms with Gasteiger partial charge in [0.25, 0.3) is 0 Å². The Bertz CT molecular complexity index is 862. The maximum absolute atomic E-state index is 13.9. The molecule has 29 heavy (non-hydrogen) atoms. The average molecular weight is 432 g/mol. The van der Waals surface area contributed by atoms with Gasteiger partial charge < -0.3 is 13.8 Å². The molecular formula is C19H23F3N2O4S. The third-order valence-corrected chi connectivity index (χ3v) is 5.51. The van der Waals surface area contributed by atoms with Crippen molar-refractivity contribution in [3.8, 4) is 11.1 Å². The van der Waals surface area contributed by atoms with Gasteiger partial charge in [-0.15, -0.1) is 4.72 Å². The highest BCUT2D eigenvalue weighted by atomic mass is 32.2. The Hall–Kier alpha value is -2.04. The van der Waals surface area contributed by atoms with Gasteiger partial charge in [-0.1, -0.05) is 23.4 Å². The van der Waals surface area contributed by atoms with E-state index in [0.29, 0.717) is 0 Å². The van der Waals surface area contributed by atoms with Gasteiger partial charge in [-0.3, -0.25) is 0 Å². The van der Waals surface area contributed by atoms with Crippen LogP contribution in [0.3, 0.4) is 0 Å². The number of hydrogen-bond donors (Lipinski definition) is 1. The molecule has 0 aliphatic heterocycles. The maximum atomic E-state index is 13.9. The van der Waals surface area contributed by atoms with Crippen LogP contribution in [0.2, 0.25) is 0 Å². The molecule has 0 saturated heterocycles. The summed E-state index contributed by atoms with van der Waals surface area (Å²) in [5.41, 5.74) is 0.445. The van der Waals surface area contributed by atoms with Crippen LogP contribution < -0.4 is 4.72 Å². The van der Waals surface area contributed by atoms with E-state index in [1.165, 1.54) is 19.1 Å². The van der Waals surface area contributed by atoms with Crippen LogP contribution in [0.15, 0.2) is 28.8 Å². The molecule has 0 radical (unpaired) electrons. The van der Waals surface area contributed by atoms with Crippen LogP contribution >= 0.6 is 0 Å². The predicted molar refractivity (Wildman–Crippen MR) is 102 cm³/mol. The number of esters is 1. The summed E-state index contributed by atoms with van der Waals surface area (Å²) in [5, 5.41) is 3.68. The number of rotatable bonds is 6. The van der Waals surface area contributed by atoms with Crippen molar-refractivity contribution in [1.82, 2.24) is 9.88 Å². The second kappa shape index (κ2) is 8.76. The number of aromatic nitrogens is 1. The number of hydrogen-bond acceptors (Lipinski definition) is 6. The molecule has 160 valence electrons.